The first-order chi connectivity index (χ1) is 13.6. The molecule has 2 aliphatic rings. The Morgan fingerprint density at radius 1 is 1.04 bits per heavy atom. The van der Waals surface area contributed by atoms with Crippen LogP contribution in [0.2, 0.25) is 0 Å². The lowest BCUT2D eigenvalue weighted by Crippen LogP contribution is -2.49. The van der Waals surface area contributed by atoms with E-state index in [9.17, 15) is 0 Å². The Kier molecular flexibility index (Phi) is 5.27. The number of methoxy groups -OCH3 is 2. The van der Waals surface area contributed by atoms with Gasteiger partial charge in [0.1, 0.15) is 17.3 Å². The SMILES string of the molecule is COc1ccc(OC)c2c1CC1(CCNCC1)C(=NCc1cccc(C)c1)N2. The highest BCUT2D eigenvalue weighted by Crippen LogP contribution is 2.47. The van der Waals surface area contributed by atoms with Gasteiger partial charge >= 0.3 is 0 Å². The molecule has 0 amide bonds. The number of amidine groups is 1. The molecule has 0 aromatic heterocycles. The van der Waals surface area contributed by atoms with Crippen molar-refractivity contribution in [2.24, 2.45) is 10.4 Å². The minimum Gasteiger partial charge on any atom is -0.496 e. The van der Waals surface area contributed by atoms with Gasteiger partial charge in [0.15, 0.2) is 0 Å². The summed E-state index contributed by atoms with van der Waals surface area (Å²) in [6.07, 6.45) is 3.04. The normalized spacial score (nSPS) is 19.2. The Morgan fingerprint density at radius 3 is 2.50 bits per heavy atom. The van der Waals surface area contributed by atoms with E-state index < -0.39 is 0 Å². The van der Waals surface area contributed by atoms with Gasteiger partial charge in [-0.2, -0.15) is 0 Å². The van der Waals surface area contributed by atoms with E-state index in [0.717, 1.165) is 55.4 Å². The number of piperidine rings is 1. The third kappa shape index (κ3) is 3.47. The predicted molar refractivity (Wildman–Crippen MR) is 114 cm³/mol. The van der Waals surface area contributed by atoms with Crippen LogP contribution >= 0.6 is 0 Å². The molecular formula is C23H29N3O2. The number of nitrogens with one attached hydrogen (secondary N) is 2. The van der Waals surface area contributed by atoms with Crippen LogP contribution < -0.4 is 20.1 Å². The van der Waals surface area contributed by atoms with Crippen LogP contribution in [0.3, 0.4) is 0 Å². The second-order valence-electron chi connectivity index (χ2n) is 7.81. The molecule has 2 aromatic rings. The lowest BCUT2D eigenvalue weighted by molar-refractivity contribution is 0.287. The van der Waals surface area contributed by atoms with E-state index in [0.29, 0.717) is 6.54 Å². The van der Waals surface area contributed by atoms with E-state index in [-0.39, 0.29) is 5.41 Å². The molecule has 0 bridgehead atoms. The summed E-state index contributed by atoms with van der Waals surface area (Å²) >= 11 is 0. The molecule has 1 spiro atoms. The lowest BCUT2D eigenvalue weighted by Gasteiger charge is -2.43. The largest absolute Gasteiger partial charge is 0.496 e. The molecule has 1 fully saturated rings. The van der Waals surface area contributed by atoms with Crippen LogP contribution in [0.15, 0.2) is 41.4 Å². The van der Waals surface area contributed by atoms with Gasteiger partial charge in [0.05, 0.1) is 26.5 Å². The molecule has 148 valence electrons. The molecule has 5 heteroatoms. The summed E-state index contributed by atoms with van der Waals surface area (Å²) < 4.78 is 11.3. The molecule has 2 aliphatic heterocycles. The van der Waals surface area contributed by atoms with Gasteiger partial charge < -0.3 is 20.1 Å². The standard InChI is InChI=1S/C23H29N3O2/c1-16-5-4-6-17(13-16)15-25-22-23(9-11-24-12-10-23)14-18-19(27-2)7-8-20(28-3)21(18)26-22/h4-8,13,24H,9-12,14-15H2,1-3H3,(H,25,26). The van der Waals surface area contributed by atoms with Gasteiger partial charge in [0.25, 0.3) is 0 Å². The van der Waals surface area contributed by atoms with Crippen molar-refractivity contribution in [3.63, 3.8) is 0 Å². The first kappa shape index (κ1) is 18.8. The van der Waals surface area contributed by atoms with Crippen LogP contribution in [-0.4, -0.2) is 33.1 Å². The molecular weight excluding hydrogens is 350 g/mol. The zero-order valence-corrected chi connectivity index (χ0v) is 17.0. The lowest BCUT2D eigenvalue weighted by atomic mass is 9.70. The smallest absolute Gasteiger partial charge is 0.142 e. The number of hydrogen-bond donors (Lipinski definition) is 2. The van der Waals surface area contributed by atoms with Crippen LogP contribution in [0.25, 0.3) is 0 Å². The molecule has 4 rings (SSSR count). The Hall–Kier alpha value is -2.53. The number of nitrogens with zero attached hydrogens (tertiary/aromatic N) is 1. The molecule has 2 aromatic carbocycles. The van der Waals surface area contributed by atoms with Gasteiger partial charge in [0, 0.05) is 11.0 Å². The summed E-state index contributed by atoms with van der Waals surface area (Å²) in [4.78, 5) is 5.08. The fourth-order valence-electron chi connectivity index (χ4n) is 4.46. The predicted octanol–water partition coefficient (Wildman–Crippen LogP) is 3.95. The van der Waals surface area contributed by atoms with Gasteiger partial charge in [-0.1, -0.05) is 29.8 Å². The monoisotopic (exact) mass is 379 g/mol. The molecule has 0 saturated carbocycles. The number of hydrogen-bond acceptors (Lipinski definition) is 4. The van der Waals surface area contributed by atoms with Crippen molar-refractivity contribution in [2.45, 2.75) is 32.7 Å². The maximum atomic E-state index is 5.67. The quantitative estimate of drug-likeness (QED) is 0.845. The summed E-state index contributed by atoms with van der Waals surface area (Å²) in [6.45, 7) is 4.82. The number of rotatable bonds is 4. The Bertz CT molecular complexity index is 885. The topological polar surface area (TPSA) is 54.9 Å². The van der Waals surface area contributed by atoms with Crippen molar-refractivity contribution < 1.29 is 9.47 Å². The number of ether oxygens (including phenoxy) is 2. The number of aliphatic imine (C=N–C) groups is 1. The minimum absolute atomic E-state index is 0.0156. The van der Waals surface area contributed by atoms with Crippen molar-refractivity contribution in [3.05, 3.63) is 53.1 Å². The van der Waals surface area contributed by atoms with Crippen LogP contribution in [-0.2, 0) is 13.0 Å². The molecule has 2 heterocycles. The van der Waals surface area contributed by atoms with Gasteiger partial charge in [-0.3, -0.25) is 4.99 Å². The van der Waals surface area contributed by atoms with Crippen LogP contribution in [0.5, 0.6) is 11.5 Å². The molecule has 0 unspecified atom stereocenters. The number of benzene rings is 2. The van der Waals surface area contributed by atoms with Crippen LogP contribution in [0, 0.1) is 12.3 Å². The first-order valence-corrected chi connectivity index (χ1v) is 9.97. The molecule has 1 saturated heterocycles. The van der Waals surface area contributed by atoms with E-state index in [2.05, 4.69) is 41.8 Å². The fraction of sp³-hybridized carbons (Fsp3) is 0.435. The van der Waals surface area contributed by atoms with Crippen molar-refractivity contribution in [2.75, 3.05) is 32.6 Å². The molecule has 2 N–H and O–H groups in total. The van der Waals surface area contributed by atoms with Crippen molar-refractivity contribution in [1.82, 2.24) is 5.32 Å². The van der Waals surface area contributed by atoms with Crippen LogP contribution in [0.4, 0.5) is 5.69 Å². The average molecular weight is 380 g/mol. The summed E-state index contributed by atoms with van der Waals surface area (Å²) in [5, 5.41) is 7.15. The maximum Gasteiger partial charge on any atom is 0.142 e. The van der Waals surface area contributed by atoms with Gasteiger partial charge in [-0.25, -0.2) is 0 Å². The second kappa shape index (κ2) is 7.84. The van der Waals surface area contributed by atoms with Gasteiger partial charge in [0.2, 0.25) is 0 Å². The highest BCUT2D eigenvalue weighted by Gasteiger charge is 2.43. The van der Waals surface area contributed by atoms with E-state index in [1.165, 1.54) is 16.7 Å². The van der Waals surface area contributed by atoms with Gasteiger partial charge in [-0.05, 0) is 57.0 Å². The zero-order chi connectivity index (χ0) is 19.6. The summed E-state index contributed by atoms with van der Waals surface area (Å²) in [5.74, 6) is 2.83. The van der Waals surface area contributed by atoms with E-state index in [1.54, 1.807) is 14.2 Å². The zero-order valence-electron chi connectivity index (χ0n) is 17.0. The third-order valence-electron chi connectivity index (χ3n) is 6.00. The average Bonchev–Trinajstić information content (AvgIpc) is 2.72. The van der Waals surface area contributed by atoms with E-state index in [4.69, 9.17) is 14.5 Å². The second-order valence-corrected chi connectivity index (χ2v) is 7.81. The minimum atomic E-state index is 0.0156. The Morgan fingerprint density at radius 2 is 1.79 bits per heavy atom. The summed E-state index contributed by atoms with van der Waals surface area (Å²) in [7, 11) is 3.45. The number of aryl methyl sites for hydroxylation is 1. The Balaban J connectivity index is 1.75. The van der Waals surface area contributed by atoms with Crippen molar-refractivity contribution in [3.8, 4) is 11.5 Å². The number of fused-ring (bicyclic) bond motifs is 1. The molecule has 5 nitrogen and oxygen atoms in total. The van der Waals surface area contributed by atoms with Crippen molar-refractivity contribution in [1.29, 1.82) is 0 Å². The maximum absolute atomic E-state index is 5.67. The molecule has 0 aliphatic carbocycles. The van der Waals surface area contributed by atoms with Gasteiger partial charge in [-0.15, -0.1) is 0 Å². The molecule has 28 heavy (non-hydrogen) atoms. The Labute approximate surface area is 167 Å². The fourth-order valence-corrected chi connectivity index (χ4v) is 4.46. The van der Waals surface area contributed by atoms with Crippen LogP contribution in [0.1, 0.15) is 29.5 Å². The van der Waals surface area contributed by atoms with Crippen molar-refractivity contribution >= 4 is 11.5 Å². The number of anilines is 1. The summed E-state index contributed by atoms with van der Waals surface area (Å²) in [6, 6.07) is 12.5. The van der Waals surface area contributed by atoms with E-state index in [1.807, 2.05) is 12.1 Å². The summed E-state index contributed by atoms with van der Waals surface area (Å²) in [5.41, 5.74) is 4.71. The highest BCUT2D eigenvalue weighted by molar-refractivity contribution is 6.04. The first-order valence-electron chi connectivity index (χ1n) is 9.97. The molecule has 0 atom stereocenters. The molecule has 0 radical (unpaired) electrons. The highest BCUT2D eigenvalue weighted by atomic mass is 16.5. The third-order valence-corrected chi connectivity index (χ3v) is 6.00. The van der Waals surface area contributed by atoms with E-state index >= 15 is 0 Å².